The molecule has 0 bridgehead atoms. The molecule has 1 aliphatic rings. The second kappa shape index (κ2) is 3.35. The van der Waals surface area contributed by atoms with Crippen LogP contribution in [0, 0.1) is 11.3 Å². The van der Waals surface area contributed by atoms with Crippen LogP contribution >= 0.6 is 0 Å². The van der Waals surface area contributed by atoms with E-state index in [1.165, 1.54) is 6.42 Å². The summed E-state index contributed by atoms with van der Waals surface area (Å²) in [6.07, 6.45) is 4.26. The van der Waals surface area contributed by atoms with E-state index in [0.717, 1.165) is 19.1 Å². The van der Waals surface area contributed by atoms with Crippen molar-refractivity contribution in [2.45, 2.75) is 26.2 Å². The molecule has 2 nitrogen and oxygen atoms in total. The molecule has 1 saturated carbocycles. The Kier molecular flexibility index (Phi) is 2.66. The number of carbonyl (C=O) groups is 1. The number of ether oxygens (including phenoxy) is 1. The summed E-state index contributed by atoms with van der Waals surface area (Å²) in [6, 6.07) is 0. The van der Waals surface area contributed by atoms with Gasteiger partial charge in [0.2, 0.25) is 0 Å². The van der Waals surface area contributed by atoms with Crippen LogP contribution in [0.5, 0.6) is 0 Å². The normalized spacial score (nSPS) is 37.5. The quantitative estimate of drug-likeness (QED) is 0.581. The Labute approximate surface area is 67.9 Å². The van der Waals surface area contributed by atoms with Crippen molar-refractivity contribution < 1.29 is 9.53 Å². The first-order valence-corrected chi connectivity index (χ1v) is 4.18. The highest BCUT2D eigenvalue weighted by atomic mass is 16.5. The lowest BCUT2D eigenvalue weighted by Gasteiger charge is -2.20. The maximum atomic E-state index is 10.8. The van der Waals surface area contributed by atoms with E-state index in [1.807, 2.05) is 0 Å². The molecule has 0 heterocycles. The topological polar surface area (TPSA) is 26.3 Å². The van der Waals surface area contributed by atoms with Crippen molar-refractivity contribution in [1.29, 1.82) is 0 Å². The Morgan fingerprint density at radius 3 is 2.82 bits per heavy atom. The van der Waals surface area contributed by atoms with Crippen LogP contribution in [0.15, 0.2) is 0 Å². The molecule has 2 unspecified atom stereocenters. The molecule has 1 fully saturated rings. The second-order valence-corrected chi connectivity index (χ2v) is 3.76. The molecule has 0 aromatic rings. The zero-order chi connectivity index (χ0) is 8.32. The molecule has 0 radical (unpaired) electrons. The Morgan fingerprint density at radius 1 is 1.73 bits per heavy atom. The van der Waals surface area contributed by atoms with Gasteiger partial charge in [0.1, 0.15) is 6.29 Å². The van der Waals surface area contributed by atoms with Crippen LogP contribution in [-0.4, -0.2) is 20.0 Å². The molecule has 2 atom stereocenters. The van der Waals surface area contributed by atoms with Gasteiger partial charge in [-0.15, -0.1) is 0 Å². The molecule has 0 aromatic heterocycles. The fourth-order valence-corrected chi connectivity index (χ4v) is 1.99. The third kappa shape index (κ3) is 1.80. The SMILES string of the molecule is COCC1(C=O)CCC(C)C1. The zero-order valence-corrected chi connectivity index (χ0v) is 7.30. The fourth-order valence-electron chi connectivity index (χ4n) is 1.99. The molecule has 0 saturated heterocycles. The minimum atomic E-state index is -0.145. The molecule has 0 amide bonds. The predicted octanol–water partition coefficient (Wildman–Crippen LogP) is 1.64. The molecule has 0 spiro atoms. The first-order valence-electron chi connectivity index (χ1n) is 4.18. The van der Waals surface area contributed by atoms with Gasteiger partial charge in [0.05, 0.1) is 6.61 Å². The second-order valence-electron chi connectivity index (χ2n) is 3.76. The molecule has 11 heavy (non-hydrogen) atoms. The molecule has 0 aromatic carbocycles. The average molecular weight is 156 g/mol. The van der Waals surface area contributed by atoms with Crippen LogP contribution in [0.3, 0.4) is 0 Å². The van der Waals surface area contributed by atoms with Gasteiger partial charge in [-0.25, -0.2) is 0 Å². The monoisotopic (exact) mass is 156 g/mol. The van der Waals surface area contributed by atoms with Gasteiger partial charge in [0, 0.05) is 12.5 Å². The van der Waals surface area contributed by atoms with Gasteiger partial charge in [-0.1, -0.05) is 6.92 Å². The van der Waals surface area contributed by atoms with E-state index in [2.05, 4.69) is 6.92 Å². The summed E-state index contributed by atoms with van der Waals surface area (Å²) < 4.78 is 5.04. The summed E-state index contributed by atoms with van der Waals surface area (Å²) in [5, 5.41) is 0. The van der Waals surface area contributed by atoms with Crippen molar-refractivity contribution in [2.75, 3.05) is 13.7 Å². The lowest BCUT2D eigenvalue weighted by Crippen LogP contribution is -2.24. The molecule has 64 valence electrons. The van der Waals surface area contributed by atoms with Crippen molar-refractivity contribution in [3.8, 4) is 0 Å². The number of hydrogen-bond donors (Lipinski definition) is 0. The molecular formula is C9H16O2. The minimum absolute atomic E-state index is 0.145. The number of carbonyl (C=O) groups excluding carboxylic acids is 1. The van der Waals surface area contributed by atoms with Crippen LogP contribution in [-0.2, 0) is 9.53 Å². The third-order valence-corrected chi connectivity index (χ3v) is 2.57. The summed E-state index contributed by atoms with van der Waals surface area (Å²) in [7, 11) is 1.66. The fraction of sp³-hybridized carbons (Fsp3) is 0.889. The van der Waals surface area contributed by atoms with Crippen LogP contribution in [0.25, 0.3) is 0 Å². The molecule has 1 aliphatic carbocycles. The van der Waals surface area contributed by atoms with E-state index < -0.39 is 0 Å². The lowest BCUT2D eigenvalue weighted by molar-refractivity contribution is -0.118. The Balaban J connectivity index is 2.54. The largest absolute Gasteiger partial charge is 0.384 e. The molecule has 2 heteroatoms. The highest BCUT2D eigenvalue weighted by Gasteiger charge is 2.37. The van der Waals surface area contributed by atoms with Gasteiger partial charge in [0.25, 0.3) is 0 Å². The van der Waals surface area contributed by atoms with Crippen molar-refractivity contribution in [1.82, 2.24) is 0 Å². The Bertz CT molecular complexity index is 140. The van der Waals surface area contributed by atoms with Gasteiger partial charge in [-0.05, 0) is 25.2 Å². The zero-order valence-electron chi connectivity index (χ0n) is 7.30. The summed E-state index contributed by atoms with van der Waals surface area (Å²) in [5.74, 6) is 0.690. The Hall–Kier alpha value is -0.370. The van der Waals surface area contributed by atoms with Crippen LogP contribution in [0.2, 0.25) is 0 Å². The van der Waals surface area contributed by atoms with Crippen LogP contribution < -0.4 is 0 Å². The molecular weight excluding hydrogens is 140 g/mol. The van der Waals surface area contributed by atoms with Crippen molar-refractivity contribution in [2.24, 2.45) is 11.3 Å². The number of rotatable bonds is 3. The maximum absolute atomic E-state index is 10.8. The van der Waals surface area contributed by atoms with Crippen LogP contribution in [0.4, 0.5) is 0 Å². The molecule has 0 aliphatic heterocycles. The standard InChI is InChI=1S/C9H16O2/c1-8-3-4-9(5-8,6-10)7-11-2/h6,8H,3-5,7H2,1-2H3. The molecule has 1 rings (SSSR count). The number of hydrogen-bond acceptors (Lipinski definition) is 2. The van der Waals surface area contributed by atoms with Gasteiger partial charge in [-0.3, -0.25) is 0 Å². The lowest BCUT2D eigenvalue weighted by atomic mass is 9.88. The van der Waals surface area contributed by atoms with Crippen molar-refractivity contribution >= 4 is 6.29 Å². The summed E-state index contributed by atoms with van der Waals surface area (Å²) >= 11 is 0. The Morgan fingerprint density at radius 2 is 2.45 bits per heavy atom. The number of methoxy groups -OCH3 is 1. The minimum Gasteiger partial charge on any atom is -0.384 e. The van der Waals surface area contributed by atoms with E-state index in [4.69, 9.17) is 4.74 Å². The predicted molar refractivity (Wildman–Crippen MR) is 43.4 cm³/mol. The van der Waals surface area contributed by atoms with E-state index in [-0.39, 0.29) is 5.41 Å². The van der Waals surface area contributed by atoms with Crippen molar-refractivity contribution in [3.05, 3.63) is 0 Å². The van der Waals surface area contributed by atoms with Gasteiger partial charge in [-0.2, -0.15) is 0 Å². The summed E-state index contributed by atoms with van der Waals surface area (Å²) in [5.41, 5.74) is -0.145. The highest BCUT2D eigenvalue weighted by Crippen LogP contribution is 2.39. The molecule has 0 N–H and O–H groups in total. The summed E-state index contributed by atoms with van der Waals surface area (Å²) in [4.78, 5) is 10.8. The van der Waals surface area contributed by atoms with Crippen LogP contribution in [0.1, 0.15) is 26.2 Å². The average Bonchev–Trinajstić information content (AvgIpc) is 2.34. The van der Waals surface area contributed by atoms with E-state index in [1.54, 1.807) is 7.11 Å². The maximum Gasteiger partial charge on any atom is 0.128 e. The van der Waals surface area contributed by atoms with E-state index >= 15 is 0 Å². The number of aldehydes is 1. The van der Waals surface area contributed by atoms with E-state index in [9.17, 15) is 4.79 Å². The first-order chi connectivity index (χ1) is 5.22. The third-order valence-electron chi connectivity index (χ3n) is 2.57. The van der Waals surface area contributed by atoms with E-state index in [0.29, 0.717) is 12.5 Å². The van der Waals surface area contributed by atoms with Gasteiger partial charge in [0.15, 0.2) is 0 Å². The van der Waals surface area contributed by atoms with Gasteiger partial charge < -0.3 is 9.53 Å². The smallest absolute Gasteiger partial charge is 0.128 e. The summed E-state index contributed by atoms with van der Waals surface area (Å²) in [6.45, 7) is 2.79. The highest BCUT2D eigenvalue weighted by molar-refractivity contribution is 5.60. The van der Waals surface area contributed by atoms with Crippen molar-refractivity contribution in [3.63, 3.8) is 0 Å². The van der Waals surface area contributed by atoms with Gasteiger partial charge >= 0.3 is 0 Å². The first kappa shape index (κ1) is 8.72.